The van der Waals surface area contributed by atoms with Crippen molar-refractivity contribution >= 4 is 8.32 Å². The summed E-state index contributed by atoms with van der Waals surface area (Å²) in [5.41, 5.74) is 9.46. The van der Waals surface area contributed by atoms with Gasteiger partial charge in [0.15, 0.2) is 8.32 Å². The Morgan fingerprint density at radius 2 is 1.86 bits per heavy atom. The molecule has 0 saturated heterocycles. The fourth-order valence-corrected chi connectivity index (χ4v) is 2.66. The third-order valence-corrected chi connectivity index (χ3v) is 8.63. The molecule has 0 aliphatic rings. The number of hydrogen-bond acceptors (Lipinski definition) is 3. The first-order valence-electron chi connectivity index (χ1n) is 7.10. The van der Waals surface area contributed by atoms with Gasteiger partial charge in [-0.15, -0.1) is 0 Å². The third-order valence-electron chi connectivity index (χ3n) is 4.13. The Balaban J connectivity index is 2.82. The van der Waals surface area contributed by atoms with Crippen LogP contribution in [0.1, 0.15) is 32.4 Å². The van der Waals surface area contributed by atoms with Crippen LogP contribution in [0, 0.1) is 0 Å². The number of hydrogen-bond donors (Lipinski definition) is 1. The van der Waals surface area contributed by atoms with E-state index in [4.69, 9.17) is 9.96 Å². The van der Waals surface area contributed by atoms with Gasteiger partial charge in [-0.05, 0) is 29.2 Å². The lowest BCUT2D eigenvalue weighted by Gasteiger charge is -2.37. The molecule has 6 heteroatoms. The highest BCUT2D eigenvalue weighted by Crippen LogP contribution is 2.37. The minimum absolute atomic E-state index is 0.0750. The van der Waals surface area contributed by atoms with Crippen molar-refractivity contribution in [2.75, 3.05) is 6.61 Å². The molecule has 0 spiro atoms. The molecular formula is C15H25N3O2Si. The first-order valence-corrected chi connectivity index (χ1v) is 10.0. The van der Waals surface area contributed by atoms with Crippen LogP contribution in [0.2, 0.25) is 18.1 Å². The molecule has 5 nitrogen and oxygen atoms in total. The fraction of sp³-hybridized carbons (Fsp3) is 0.600. The summed E-state index contributed by atoms with van der Waals surface area (Å²) in [5.74, 6) is 0. The maximum absolute atomic E-state index is 10.4. The maximum Gasteiger partial charge on any atom is 0.191 e. The van der Waals surface area contributed by atoms with Crippen LogP contribution >= 0.6 is 0 Å². The lowest BCUT2D eigenvalue weighted by atomic mass is 10.0. The molecule has 0 saturated carbocycles. The number of nitrogens with zero attached hydrogens (tertiary/aromatic N) is 3. The van der Waals surface area contributed by atoms with Crippen LogP contribution in [0.15, 0.2) is 35.4 Å². The van der Waals surface area contributed by atoms with Crippen molar-refractivity contribution < 1.29 is 9.53 Å². The van der Waals surface area contributed by atoms with Gasteiger partial charge in [0, 0.05) is 11.5 Å². The Bertz CT molecular complexity index is 493. The molecule has 0 bridgehead atoms. The van der Waals surface area contributed by atoms with Crippen LogP contribution in [0.5, 0.6) is 0 Å². The van der Waals surface area contributed by atoms with Crippen molar-refractivity contribution in [3.05, 3.63) is 46.3 Å². The van der Waals surface area contributed by atoms with Gasteiger partial charge >= 0.3 is 0 Å². The molecule has 0 heterocycles. The molecule has 0 amide bonds. The number of rotatable bonds is 6. The van der Waals surface area contributed by atoms with Crippen molar-refractivity contribution in [1.82, 2.24) is 0 Å². The molecule has 1 aromatic rings. The Morgan fingerprint density at radius 3 is 2.33 bits per heavy atom. The largest absolute Gasteiger partial charge is 0.416 e. The monoisotopic (exact) mass is 307 g/mol. The normalized spacial score (nSPS) is 15.1. The molecule has 2 atom stereocenters. The zero-order valence-electron chi connectivity index (χ0n) is 13.4. The number of benzene rings is 1. The van der Waals surface area contributed by atoms with Crippen molar-refractivity contribution in [2.45, 2.75) is 51.0 Å². The number of aliphatic hydroxyl groups is 1. The van der Waals surface area contributed by atoms with Gasteiger partial charge in [-0.3, -0.25) is 0 Å². The minimum Gasteiger partial charge on any atom is -0.416 e. The second-order valence-corrected chi connectivity index (χ2v) is 11.5. The third kappa shape index (κ3) is 4.86. The summed E-state index contributed by atoms with van der Waals surface area (Å²) in [6.45, 7) is 10.9. The molecule has 1 N–H and O–H groups in total. The van der Waals surface area contributed by atoms with Gasteiger partial charge in [0.25, 0.3) is 0 Å². The summed E-state index contributed by atoms with van der Waals surface area (Å²) >= 11 is 0. The van der Waals surface area contributed by atoms with E-state index >= 15 is 0 Å². The van der Waals surface area contributed by atoms with Gasteiger partial charge in [-0.1, -0.05) is 56.2 Å². The molecule has 116 valence electrons. The summed E-state index contributed by atoms with van der Waals surface area (Å²) < 4.78 is 6.07. The molecular weight excluding hydrogens is 282 g/mol. The van der Waals surface area contributed by atoms with Gasteiger partial charge in [0.1, 0.15) is 0 Å². The van der Waals surface area contributed by atoms with Gasteiger partial charge < -0.3 is 9.53 Å². The van der Waals surface area contributed by atoms with E-state index in [0.29, 0.717) is 0 Å². The summed E-state index contributed by atoms with van der Waals surface area (Å²) in [4.78, 5) is 2.85. The van der Waals surface area contributed by atoms with E-state index in [1.165, 1.54) is 0 Å². The molecule has 1 aromatic carbocycles. The Hall–Kier alpha value is -1.33. The van der Waals surface area contributed by atoms with Crippen molar-refractivity contribution in [3.63, 3.8) is 0 Å². The second-order valence-electron chi connectivity index (χ2n) is 6.70. The van der Waals surface area contributed by atoms with Crippen LogP contribution in [0.3, 0.4) is 0 Å². The first-order chi connectivity index (χ1) is 9.69. The zero-order chi connectivity index (χ0) is 16.1. The molecule has 0 aromatic heterocycles. The lowest BCUT2D eigenvalue weighted by Crippen LogP contribution is -2.43. The van der Waals surface area contributed by atoms with Crippen LogP contribution in [-0.4, -0.2) is 26.1 Å². The quantitative estimate of drug-likeness (QED) is 0.365. The van der Waals surface area contributed by atoms with E-state index in [1.54, 1.807) is 0 Å². The van der Waals surface area contributed by atoms with E-state index in [2.05, 4.69) is 43.9 Å². The number of azide groups is 1. The second kappa shape index (κ2) is 7.09. The predicted octanol–water partition coefficient (Wildman–Crippen LogP) is 4.42. The van der Waals surface area contributed by atoms with Gasteiger partial charge in [0.05, 0.1) is 12.1 Å². The average Bonchev–Trinajstić information content (AvgIpc) is 2.42. The zero-order valence-corrected chi connectivity index (χ0v) is 14.4. The van der Waals surface area contributed by atoms with E-state index in [9.17, 15) is 5.11 Å². The Labute approximate surface area is 127 Å². The van der Waals surface area contributed by atoms with E-state index < -0.39 is 20.5 Å². The fourth-order valence-electron chi connectivity index (χ4n) is 1.64. The highest BCUT2D eigenvalue weighted by molar-refractivity contribution is 6.74. The van der Waals surface area contributed by atoms with Gasteiger partial charge in [0.2, 0.25) is 0 Å². The average molecular weight is 307 g/mol. The van der Waals surface area contributed by atoms with Crippen molar-refractivity contribution in [1.29, 1.82) is 0 Å². The van der Waals surface area contributed by atoms with Crippen molar-refractivity contribution in [3.8, 4) is 0 Å². The lowest BCUT2D eigenvalue weighted by molar-refractivity contribution is 0.112. The molecule has 0 aliphatic carbocycles. The van der Waals surface area contributed by atoms with Crippen LogP contribution in [0.4, 0.5) is 0 Å². The van der Waals surface area contributed by atoms with Crippen molar-refractivity contribution in [2.24, 2.45) is 5.11 Å². The van der Waals surface area contributed by atoms with E-state index in [1.807, 2.05) is 30.3 Å². The Kier molecular flexibility index (Phi) is 5.98. The standard InChI is InChI=1S/C15H25N3O2Si/c1-15(2,3)21(4,5)20-11-13(17-18-16)14(19)12-9-7-6-8-10-12/h6-10,13-14,19H,11H2,1-5H3/t13-,14?/m0/s1. The van der Waals surface area contributed by atoms with Crippen LogP contribution in [-0.2, 0) is 4.43 Å². The van der Waals surface area contributed by atoms with Gasteiger partial charge in [-0.2, -0.15) is 0 Å². The number of aliphatic hydroxyl groups excluding tert-OH is 1. The van der Waals surface area contributed by atoms with Gasteiger partial charge in [-0.25, -0.2) is 0 Å². The molecule has 0 fully saturated rings. The molecule has 0 aliphatic heterocycles. The minimum atomic E-state index is -1.94. The summed E-state index contributed by atoms with van der Waals surface area (Å²) in [6, 6.07) is 8.59. The van der Waals surface area contributed by atoms with Crippen LogP contribution < -0.4 is 0 Å². The SMILES string of the molecule is CC(C)(C)[Si](C)(C)OC[C@H](N=[N+]=[N-])C(O)c1ccccc1. The van der Waals surface area contributed by atoms with E-state index in [0.717, 1.165) is 5.56 Å². The molecule has 1 unspecified atom stereocenters. The highest BCUT2D eigenvalue weighted by atomic mass is 28.4. The topological polar surface area (TPSA) is 78.2 Å². The molecule has 1 rings (SSSR count). The summed E-state index contributed by atoms with van der Waals surface area (Å²) in [5, 5.41) is 14.2. The maximum atomic E-state index is 10.4. The van der Waals surface area contributed by atoms with E-state index in [-0.39, 0.29) is 11.6 Å². The summed E-state index contributed by atoms with van der Waals surface area (Å²) in [6.07, 6.45) is -0.855. The smallest absolute Gasteiger partial charge is 0.191 e. The first kappa shape index (κ1) is 17.7. The highest BCUT2D eigenvalue weighted by Gasteiger charge is 2.38. The predicted molar refractivity (Wildman–Crippen MR) is 87.5 cm³/mol. The molecule has 0 radical (unpaired) electrons. The molecule has 21 heavy (non-hydrogen) atoms. The Morgan fingerprint density at radius 1 is 1.29 bits per heavy atom. The summed E-state index contributed by atoms with van der Waals surface area (Å²) in [7, 11) is -1.94. The van der Waals surface area contributed by atoms with Crippen LogP contribution in [0.25, 0.3) is 10.4 Å².